The van der Waals surface area contributed by atoms with Gasteiger partial charge in [-0.1, -0.05) is 35.3 Å². The maximum absolute atomic E-state index is 12.7. The van der Waals surface area contributed by atoms with Gasteiger partial charge in [0.15, 0.2) is 5.78 Å². The lowest BCUT2D eigenvalue weighted by molar-refractivity contribution is 0.0906. The van der Waals surface area contributed by atoms with Crippen LogP contribution in [0.25, 0.3) is 0 Å². The average Bonchev–Trinajstić information content (AvgIpc) is 3.02. The zero-order valence-electron chi connectivity index (χ0n) is 13.4. The topological polar surface area (TPSA) is 59.2 Å². The van der Waals surface area contributed by atoms with Crippen LogP contribution in [-0.2, 0) is 0 Å². The number of benzene rings is 1. The Morgan fingerprint density at radius 2 is 2.08 bits per heavy atom. The van der Waals surface area contributed by atoms with Gasteiger partial charge < -0.3 is 9.32 Å². The largest absolute Gasteiger partial charge is 0.408 e. The van der Waals surface area contributed by atoms with Crippen LogP contribution >= 0.6 is 11.6 Å². The zero-order chi connectivity index (χ0) is 16.5. The van der Waals surface area contributed by atoms with Crippen LogP contribution < -0.4 is 4.90 Å². The molecular formula is C18H20ClN3O2. The van der Waals surface area contributed by atoms with Gasteiger partial charge in [-0.25, -0.2) is 0 Å². The van der Waals surface area contributed by atoms with E-state index in [0.717, 1.165) is 38.1 Å². The molecule has 1 aliphatic carbocycles. The van der Waals surface area contributed by atoms with Gasteiger partial charge in [0.05, 0.1) is 0 Å². The van der Waals surface area contributed by atoms with Gasteiger partial charge in [-0.2, -0.15) is 0 Å². The highest BCUT2D eigenvalue weighted by Crippen LogP contribution is 2.36. The molecule has 1 atom stereocenters. The van der Waals surface area contributed by atoms with Gasteiger partial charge in [-0.05, 0) is 37.8 Å². The van der Waals surface area contributed by atoms with E-state index in [1.807, 2.05) is 17.0 Å². The third-order valence-electron chi connectivity index (χ3n) is 5.06. The van der Waals surface area contributed by atoms with Crippen LogP contribution in [-0.4, -0.2) is 29.1 Å². The third-order valence-corrected chi connectivity index (χ3v) is 5.29. The van der Waals surface area contributed by atoms with E-state index in [1.54, 1.807) is 12.1 Å². The molecule has 0 N–H and O–H groups in total. The van der Waals surface area contributed by atoms with E-state index in [1.165, 1.54) is 6.42 Å². The molecule has 4 rings (SSSR count). The lowest BCUT2D eigenvalue weighted by Crippen LogP contribution is -2.39. The summed E-state index contributed by atoms with van der Waals surface area (Å²) in [6, 6.07) is 7.73. The Morgan fingerprint density at radius 3 is 2.83 bits per heavy atom. The number of hydrogen-bond donors (Lipinski definition) is 0. The lowest BCUT2D eigenvalue weighted by Gasteiger charge is -2.30. The molecule has 1 aliphatic heterocycles. The first-order chi connectivity index (χ1) is 11.7. The molecule has 2 fully saturated rings. The molecule has 126 valence electrons. The van der Waals surface area contributed by atoms with E-state index in [9.17, 15) is 4.79 Å². The molecule has 5 nitrogen and oxygen atoms in total. The number of carbonyl (C=O) groups excluding carboxylic acids is 1. The van der Waals surface area contributed by atoms with Crippen molar-refractivity contribution in [3.05, 3.63) is 40.7 Å². The molecular weight excluding hydrogens is 326 g/mol. The highest BCUT2D eigenvalue weighted by molar-refractivity contribution is 6.31. The number of piperidine rings is 1. The molecule has 2 aliphatic rings. The molecule has 0 spiro atoms. The van der Waals surface area contributed by atoms with Crippen LogP contribution in [0.5, 0.6) is 0 Å². The second-order valence-electron chi connectivity index (χ2n) is 6.71. The first kappa shape index (κ1) is 15.6. The second-order valence-corrected chi connectivity index (χ2v) is 7.15. The van der Waals surface area contributed by atoms with E-state index < -0.39 is 0 Å². The van der Waals surface area contributed by atoms with Crippen LogP contribution in [0.1, 0.15) is 54.3 Å². The number of halogens is 1. The van der Waals surface area contributed by atoms with E-state index in [2.05, 4.69) is 10.2 Å². The van der Waals surface area contributed by atoms with Crippen LogP contribution in [0.2, 0.25) is 5.02 Å². The summed E-state index contributed by atoms with van der Waals surface area (Å²) in [5, 5.41) is 8.99. The number of hydrogen-bond acceptors (Lipinski definition) is 5. The predicted octanol–water partition coefficient (Wildman–Crippen LogP) is 4.09. The van der Waals surface area contributed by atoms with E-state index in [0.29, 0.717) is 29.1 Å². The fraction of sp³-hybridized carbons (Fsp3) is 0.500. The third kappa shape index (κ3) is 3.05. The summed E-state index contributed by atoms with van der Waals surface area (Å²) in [6.07, 6.45) is 5.33. The molecule has 2 aromatic rings. The molecule has 0 radical (unpaired) electrons. The Hall–Kier alpha value is -1.88. The van der Waals surface area contributed by atoms with Gasteiger partial charge in [0.25, 0.3) is 0 Å². The number of nitrogens with zero attached hydrogens (tertiary/aromatic N) is 3. The fourth-order valence-corrected chi connectivity index (χ4v) is 3.61. The van der Waals surface area contributed by atoms with Crippen molar-refractivity contribution in [3.8, 4) is 0 Å². The van der Waals surface area contributed by atoms with Crippen molar-refractivity contribution in [2.24, 2.45) is 5.92 Å². The second kappa shape index (κ2) is 6.55. The number of carbonyl (C=O) groups is 1. The van der Waals surface area contributed by atoms with E-state index >= 15 is 0 Å². The first-order valence-electron chi connectivity index (χ1n) is 8.59. The van der Waals surface area contributed by atoms with Crippen molar-refractivity contribution in [3.63, 3.8) is 0 Å². The Labute approximate surface area is 146 Å². The van der Waals surface area contributed by atoms with Gasteiger partial charge in [-0.15, -0.1) is 5.10 Å². The maximum Gasteiger partial charge on any atom is 0.318 e. The number of ketones is 1. The molecule has 0 bridgehead atoms. The van der Waals surface area contributed by atoms with Crippen LogP contribution in [0.4, 0.5) is 6.01 Å². The highest BCUT2D eigenvalue weighted by Gasteiger charge is 2.31. The van der Waals surface area contributed by atoms with Crippen molar-refractivity contribution >= 4 is 23.4 Å². The van der Waals surface area contributed by atoms with Gasteiger partial charge >= 0.3 is 6.01 Å². The van der Waals surface area contributed by atoms with Crippen molar-refractivity contribution in [1.29, 1.82) is 0 Å². The lowest BCUT2D eigenvalue weighted by atomic mass is 9.85. The number of Topliss-reactive ketones (excluding diaryl/α,β-unsaturated/α-hetero) is 1. The minimum absolute atomic E-state index is 0.0590. The molecule has 24 heavy (non-hydrogen) atoms. The molecule has 0 unspecified atom stereocenters. The van der Waals surface area contributed by atoms with Crippen molar-refractivity contribution in [1.82, 2.24) is 10.2 Å². The van der Waals surface area contributed by atoms with Gasteiger partial charge in [0.2, 0.25) is 5.89 Å². The van der Waals surface area contributed by atoms with Crippen LogP contribution in [0.15, 0.2) is 28.7 Å². The Balaban J connectivity index is 1.47. The van der Waals surface area contributed by atoms with Gasteiger partial charge in [-0.3, -0.25) is 4.79 Å². The summed E-state index contributed by atoms with van der Waals surface area (Å²) >= 11 is 6.01. The highest BCUT2D eigenvalue weighted by atomic mass is 35.5. The number of rotatable bonds is 4. The smallest absolute Gasteiger partial charge is 0.318 e. The fourth-order valence-electron chi connectivity index (χ4n) is 3.42. The van der Waals surface area contributed by atoms with Crippen molar-refractivity contribution in [2.45, 2.75) is 38.0 Å². The Bertz CT molecular complexity index is 741. The summed E-state index contributed by atoms with van der Waals surface area (Å²) in [5.41, 5.74) is 0.676. The molecule has 1 saturated carbocycles. The van der Waals surface area contributed by atoms with Gasteiger partial charge in [0, 0.05) is 35.5 Å². The van der Waals surface area contributed by atoms with Crippen molar-refractivity contribution < 1.29 is 9.21 Å². The quantitative estimate of drug-likeness (QED) is 0.781. The number of aromatic nitrogens is 2. The first-order valence-corrected chi connectivity index (χ1v) is 8.96. The SMILES string of the molecule is O=C(c1cccc(Cl)c1)[C@@H]1CCCN(c2nnc(C3CCC3)o2)C1. The minimum Gasteiger partial charge on any atom is -0.408 e. The summed E-state index contributed by atoms with van der Waals surface area (Å²) in [6.45, 7) is 1.48. The number of anilines is 1. The molecule has 2 heterocycles. The molecule has 0 amide bonds. The normalized spacial score (nSPS) is 21.5. The van der Waals surface area contributed by atoms with Crippen molar-refractivity contribution in [2.75, 3.05) is 18.0 Å². The molecule has 6 heteroatoms. The summed E-state index contributed by atoms with van der Waals surface area (Å²) in [4.78, 5) is 14.8. The Kier molecular flexibility index (Phi) is 4.27. The summed E-state index contributed by atoms with van der Waals surface area (Å²) < 4.78 is 5.85. The van der Waals surface area contributed by atoms with Gasteiger partial charge in [0.1, 0.15) is 0 Å². The maximum atomic E-state index is 12.7. The summed E-state index contributed by atoms with van der Waals surface area (Å²) in [7, 11) is 0. The average molecular weight is 346 g/mol. The van der Waals surface area contributed by atoms with E-state index in [-0.39, 0.29) is 11.7 Å². The van der Waals surface area contributed by atoms with Crippen LogP contribution in [0, 0.1) is 5.92 Å². The van der Waals surface area contributed by atoms with Crippen LogP contribution in [0.3, 0.4) is 0 Å². The predicted molar refractivity (Wildman–Crippen MR) is 91.6 cm³/mol. The molecule has 1 saturated heterocycles. The zero-order valence-corrected chi connectivity index (χ0v) is 14.2. The minimum atomic E-state index is -0.0590. The standard InChI is InChI=1S/C18H20ClN3O2/c19-15-8-2-6-13(10-15)16(23)14-7-3-9-22(11-14)18-21-20-17(24-18)12-4-1-5-12/h2,6,8,10,12,14H,1,3-5,7,9,11H2/t14-/m1/s1. The molecule has 1 aromatic heterocycles. The molecule has 1 aromatic carbocycles. The van der Waals surface area contributed by atoms with E-state index in [4.69, 9.17) is 16.0 Å². The monoisotopic (exact) mass is 345 g/mol. The Morgan fingerprint density at radius 1 is 1.21 bits per heavy atom. The summed E-state index contributed by atoms with van der Waals surface area (Å²) in [5.74, 6) is 1.26.